The molecule has 0 bridgehead atoms. The number of fused-ring (bicyclic) bond motifs is 2. The standard InChI is InChI=1S/C19H15F3N4O4/c20-19(21,22)16-7-11(13-2-1-5-28-13)24-17-8-12(25-26(16)17)18(27)23-10-3-4-14-15(6-10)30-9-29-14/h1-6,8,11,16,24H,7,9H2,(H,23,27)/t11-,16+/m0/s1. The van der Waals surface area contributed by atoms with E-state index in [-0.39, 0.29) is 24.7 Å². The van der Waals surface area contributed by atoms with Crippen LogP contribution in [0.5, 0.6) is 11.5 Å². The Morgan fingerprint density at radius 2 is 2.03 bits per heavy atom. The summed E-state index contributed by atoms with van der Waals surface area (Å²) in [6.45, 7) is 0.0852. The Balaban J connectivity index is 1.42. The van der Waals surface area contributed by atoms with Crippen LogP contribution in [-0.4, -0.2) is 28.7 Å². The van der Waals surface area contributed by atoms with Crippen LogP contribution in [-0.2, 0) is 0 Å². The van der Waals surface area contributed by atoms with E-state index in [1.54, 1.807) is 30.3 Å². The van der Waals surface area contributed by atoms with Gasteiger partial charge in [-0.25, -0.2) is 4.68 Å². The summed E-state index contributed by atoms with van der Waals surface area (Å²) in [4.78, 5) is 12.6. The zero-order valence-corrected chi connectivity index (χ0v) is 15.3. The number of carbonyl (C=O) groups excluding carboxylic acids is 1. The average molecular weight is 420 g/mol. The van der Waals surface area contributed by atoms with Crippen molar-refractivity contribution in [3.63, 3.8) is 0 Å². The van der Waals surface area contributed by atoms with Gasteiger partial charge in [0.15, 0.2) is 23.2 Å². The molecule has 0 spiro atoms. The zero-order chi connectivity index (χ0) is 20.9. The van der Waals surface area contributed by atoms with Gasteiger partial charge in [-0.15, -0.1) is 0 Å². The van der Waals surface area contributed by atoms with Gasteiger partial charge in [-0.3, -0.25) is 4.79 Å². The van der Waals surface area contributed by atoms with Gasteiger partial charge in [0, 0.05) is 24.2 Å². The van der Waals surface area contributed by atoms with E-state index in [1.165, 1.54) is 12.3 Å². The van der Waals surface area contributed by atoms with E-state index in [9.17, 15) is 18.0 Å². The molecule has 2 atom stereocenters. The van der Waals surface area contributed by atoms with E-state index in [1.807, 2.05) is 0 Å². The van der Waals surface area contributed by atoms with Crippen LogP contribution in [0.15, 0.2) is 47.1 Å². The van der Waals surface area contributed by atoms with Crippen molar-refractivity contribution in [2.24, 2.45) is 0 Å². The summed E-state index contributed by atoms with van der Waals surface area (Å²) in [5, 5.41) is 9.49. The first-order valence-corrected chi connectivity index (χ1v) is 9.06. The monoisotopic (exact) mass is 420 g/mol. The quantitative estimate of drug-likeness (QED) is 0.663. The largest absolute Gasteiger partial charge is 0.467 e. The third kappa shape index (κ3) is 3.21. The van der Waals surface area contributed by atoms with E-state index in [0.717, 1.165) is 4.68 Å². The lowest BCUT2D eigenvalue weighted by Crippen LogP contribution is -2.35. The number of aromatic nitrogens is 2. The predicted molar refractivity (Wildman–Crippen MR) is 97.5 cm³/mol. The fourth-order valence-electron chi connectivity index (χ4n) is 3.53. The van der Waals surface area contributed by atoms with Crippen molar-refractivity contribution < 1.29 is 31.9 Å². The molecule has 1 aromatic carbocycles. The Kier molecular flexibility index (Phi) is 4.12. The number of alkyl halides is 3. The predicted octanol–water partition coefficient (Wildman–Crippen LogP) is 4.12. The van der Waals surface area contributed by atoms with Gasteiger partial charge in [-0.05, 0) is 24.3 Å². The van der Waals surface area contributed by atoms with E-state index in [0.29, 0.717) is 22.9 Å². The second-order valence-corrected chi connectivity index (χ2v) is 6.89. The molecule has 8 nitrogen and oxygen atoms in total. The Bertz CT molecular complexity index is 1090. The van der Waals surface area contributed by atoms with Crippen LogP contribution in [0, 0.1) is 0 Å². The van der Waals surface area contributed by atoms with Crippen LogP contribution in [0.3, 0.4) is 0 Å². The van der Waals surface area contributed by atoms with E-state index in [4.69, 9.17) is 13.9 Å². The minimum Gasteiger partial charge on any atom is -0.467 e. The molecule has 2 aromatic heterocycles. The Hall–Kier alpha value is -3.63. The lowest BCUT2D eigenvalue weighted by molar-refractivity contribution is -0.174. The number of rotatable bonds is 3. The highest BCUT2D eigenvalue weighted by molar-refractivity contribution is 6.03. The fourth-order valence-corrected chi connectivity index (χ4v) is 3.53. The Morgan fingerprint density at radius 1 is 1.20 bits per heavy atom. The molecule has 1 amide bonds. The summed E-state index contributed by atoms with van der Waals surface area (Å²) < 4.78 is 57.5. The smallest absolute Gasteiger partial charge is 0.410 e. The van der Waals surface area contributed by atoms with Crippen molar-refractivity contribution in [1.29, 1.82) is 0 Å². The van der Waals surface area contributed by atoms with Crippen LogP contribution in [0.4, 0.5) is 24.7 Å². The number of ether oxygens (including phenoxy) is 2. The van der Waals surface area contributed by atoms with Crippen molar-refractivity contribution >= 4 is 17.4 Å². The molecule has 0 aliphatic carbocycles. The molecule has 2 aliphatic rings. The van der Waals surface area contributed by atoms with Crippen molar-refractivity contribution in [3.05, 3.63) is 54.1 Å². The molecule has 0 unspecified atom stereocenters. The maximum absolute atomic E-state index is 13.7. The van der Waals surface area contributed by atoms with E-state index >= 15 is 0 Å². The average Bonchev–Trinajstić information content (AvgIpc) is 3.44. The molecule has 0 radical (unpaired) electrons. The third-order valence-corrected chi connectivity index (χ3v) is 4.94. The van der Waals surface area contributed by atoms with Gasteiger partial charge in [0.1, 0.15) is 11.6 Å². The first-order valence-electron chi connectivity index (χ1n) is 9.06. The van der Waals surface area contributed by atoms with Gasteiger partial charge in [-0.1, -0.05) is 0 Å². The van der Waals surface area contributed by atoms with Crippen molar-refractivity contribution in [2.75, 3.05) is 17.4 Å². The Labute approximate surface area is 167 Å². The normalized spacial score (nSPS) is 19.8. The van der Waals surface area contributed by atoms with Gasteiger partial charge in [0.2, 0.25) is 6.79 Å². The summed E-state index contributed by atoms with van der Waals surface area (Å²) in [6.07, 6.45) is -3.45. The summed E-state index contributed by atoms with van der Waals surface area (Å²) in [7, 11) is 0. The highest BCUT2D eigenvalue weighted by Crippen LogP contribution is 2.43. The number of anilines is 2. The molecule has 11 heteroatoms. The second-order valence-electron chi connectivity index (χ2n) is 6.89. The van der Waals surface area contributed by atoms with E-state index in [2.05, 4.69) is 15.7 Å². The summed E-state index contributed by atoms with van der Waals surface area (Å²) in [6, 6.07) is 6.71. The van der Waals surface area contributed by atoms with Gasteiger partial charge in [0.05, 0.1) is 12.3 Å². The Morgan fingerprint density at radius 3 is 2.80 bits per heavy atom. The van der Waals surface area contributed by atoms with Crippen LogP contribution < -0.4 is 20.1 Å². The minimum atomic E-state index is -4.54. The number of amides is 1. The number of halogens is 3. The number of furan rings is 1. The lowest BCUT2D eigenvalue weighted by Gasteiger charge is -2.32. The molecule has 5 rings (SSSR count). The van der Waals surface area contributed by atoms with Crippen molar-refractivity contribution in [1.82, 2.24) is 9.78 Å². The van der Waals surface area contributed by atoms with Crippen LogP contribution in [0.2, 0.25) is 0 Å². The number of benzene rings is 1. The first-order chi connectivity index (χ1) is 14.4. The molecule has 0 fully saturated rings. The van der Waals surface area contributed by atoms with Crippen molar-refractivity contribution in [2.45, 2.75) is 24.7 Å². The maximum Gasteiger partial charge on any atom is 0.410 e. The SMILES string of the molecule is O=C(Nc1ccc2c(c1)OCO2)c1cc2n(n1)[C@@H](C(F)(F)F)C[C@@H](c1ccco1)N2. The van der Waals surface area contributed by atoms with Gasteiger partial charge >= 0.3 is 6.18 Å². The van der Waals surface area contributed by atoms with Gasteiger partial charge in [0.25, 0.3) is 5.91 Å². The molecule has 156 valence electrons. The number of carbonyl (C=O) groups is 1. The van der Waals surface area contributed by atoms with Crippen LogP contribution in [0.25, 0.3) is 0 Å². The van der Waals surface area contributed by atoms with E-state index < -0.39 is 24.2 Å². The molecule has 0 saturated heterocycles. The van der Waals surface area contributed by atoms with Gasteiger partial charge in [-0.2, -0.15) is 18.3 Å². The molecule has 0 saturated carbocycles. The third-order valence-electron chi connectivity index (χ3n) is 4.94. The summed E-state index contributed by atoms with van der Waals surface area (Å²) in [5.41, 5.74) is 0.258. The number of nitrogens with zero attached hydrogens (tertiary/aromatic N) is 2. The number of hydrogen-bond donors (Lipinski definition) is 2. The number of nitrogens with one attached hydrogen (secondary N) is 2. The molecule has 2 N–H and O–H groups in total. The summed E-state index contributed by atoms with van der Waals surface area (Å²) in [5.74, 6) is 0.834. The number of hydrogen-bond acceptors (Lipinski definition) is 6. The lowest BCUT2D eigenvalue weighted by atomic mass is 10.0. The molecular weight excluding hydrogens is 405 g/mol. The maximum atomic E-state index is 13.7. The molecule has 30 heavy (non-hydrogen) atoms. The molecular formula is C19H15F3N4O4. The van der Waals surface area contributed by atoms with Crippen LogP contribution in [0.1, 0.15) is 34.8 Å². The fraction of sp³-hybridized carbons (Fsp3) is 0.263. The first kappa shape index (κ1) is 18.4. The summed E-state index contributed by atoms with van der Waals surface area (Å²) >= 11 is 0. The zero-order valence-electron chi connectivity index (χ0n) is 15.3. The van der Waals surface area contributed by atoms with Crippen LogP contribution >= 0.6 is 0 Å². The highest BCUT2D eigenvalue weighted by Gasteiger charge is 2.47. The molecule has 4 heterocycles. The molecule has 2 aliphatic heterocycles. The topological polar surface area (TPSA) is 90.5 Å². The minimum absolute atomic E-state index is 0.0841. The second kappa shape index (κ2) is 6.71. The molecule has 3 aromatic rings. The highest BCUT2D eigenvalue weighted by atomic mass is 19.4. The van der Waals surface area contributed by atoms with Crippen molar-refractivity contribution in [3.8, 4) is 11.5 Å². The van der Waals surface area contributed by atoms with Gasteiger partial charge < -0.3 is 24.5 Å².